The van der Waals surface area contributed by atoms with Crippen LogP contribution in [-0.2, 0) is 6.54 Å². The largest absolute Gasteiger partial charge is 0.308 e. The summed E-state index contributed by atoms with van der Waals surface area (Å²) < 4.78 is 13.8. The minimum Gasteiger partial charge on any atom is -0.308 e. The van der Waals surface area contributed by atoms with Crippen molar-refractivity contribution in [3.8, 4) is 6.07 Å². The van der Waals surface area contributed by atoms with Crippen LogP contribution in [0.2, 0.25) is 0 Å². The summed E-state index contributed by atoms with van der Waals surface area (Å²) in [6.45, 7) is 5.45. The maximum absolute atomic E-state index is 13.8. The van der Waals surface area contributed by atoms with E-state index in [1.54, 1.807) is 6.07 Å². The van der Waals surface area contributed by atoms with Crippen molar-refractivity contribution in [2.75, 3.05) is 33.7 Å². The average molecular weight is 263 g/mol. The molecule has 0 saturated heterocycles. The molecule has 104 valence electrons. The molecule has 0 radical (unpaired) electrons. The molecule has 1 rings (SSSR count). The zero-order chi connectivity index (χ0) is 14.3. The second kappa shape index (κ2) is 7.88. The van der Waals surface area contributed by atoms with Crippen LogP contribution in [0.5, 0.6) is 0 Å². The molecule has 0 unspecified atom stereocenters. The minimum absolute atomic E-state index is 0.232. The highest BCUT2D eigenvalue weighted by Crippen LogP contribution is 2.13. The number of halogens is 1. The first kappa shape index (κ1) is 15.6. The minimum atomic E-state index is -0.232. The summed E-state index contributed by atoms with van der Waals surface area (Å²) in [5.41, 5.74) is 1.12. The second-order valence-electron chi connectivity index (χ2n) is 5.00. The SMILES string of the molecule is CCCN(CCN(C)C)Cc1cc(C#N)ccc1F. The van der Waals surface area contributed by atoms with Crippen LogP contribution in [0, 0.1) is 17.1 Å². The van der Waals surface area contributed by atoms with Crippen LogP contribution in [0.3, 0.4) is 0 Å². The van der Waals surface area contributed by atoms with E-state index in [4.69, 9.17) is 5.26 Å². The molecule has 1 aromatic carbocycles. The highest BCUT2D eigenvalue weighted by molar-refractivity contribution is 5.33. The Hall–Kier alpha value is -1.44. The molecule has 0 fully saturated rings. The number of likely N-dealkylation sites (N-methyl/N-ethyl adjacent to an activating group) is 1. The van der Waals surface area contributed by atoms with Crippen molar-refractivity contribution in [3.05, 3.63) is 35.1 Å². The first-order chi connectivity index (χ1) is 9.06. The van der Waals surface area contributed by atoms with E-state index in [2.05, 4.69) is 22.8 Å². The molecule has 0 aliphatic heterocycles. The summed E-state index contributed by atoms with van der Waals surface area (Å²) in [4.78, 5) is 4.34. The molecule has 0 aromatic heterocycles. The quantitative estimate of drug-likeness (QED) is 0.757. The van der Waals surface area contributed by atoms with Gasteiger partial charge in [-0.2, -0.15) is 5.26 Å². The van der Waals surface area contributed by atoms with Crippen LogP contribution >= 0.6 is 0 Å². The van der Waals surface area contributed by atoms with Crippen LogP contribution in [0.1, 0.15) is 24.5 Å². The fourth-order valence-electron chi connectivity index (χ4n) is 1.93. The number of hydrogen-bond donors (Lipinski definition) is 0. The first-order valence-electron chi connectivity index (χ1n) is 6.62. The summed E-state index contributed by atoms with van der Waals surface area (Å²) in [5.74, 6) is -0.232. The van der Waals surface area contributed by atoms with Gasteiger partial charge in [0.05, 0.1) is 11.6 Å². The Morgan fingerprint density at radius 3 is 2.53 bits per heavy atom. The monoisotopic (exact) mass is 263 g/mol. The molecule has 0 aliphatic rings. The first-order valence-corrected chi connectivity index (χ1v) is 6.62. The molecule has 0 aliphatic carbocycles. The third-order valence-electron chi connectivity index (χ3n) is 2.97. The fraction of sp³-hybridized carbons (Fsp3) is 0.533. The third kappa shape index (κ3) is 5.37. The van der Waals surface area contributed by atoms with Gasteiger partial charge in [0.15, 0.2) is 0 Å². The Morgan fingerprint density at radius 2 is 1.95 bits per heavy atom. The molecule has 3 nitrogen and oxygen atoms in total. The van der Waals surface area contributed by atoms with Crippen molar-refractivity contribution in [1.29, 1.82) is 5.26 Å². The molecule has 0 saturated carbocycles. The normalized spacial score (nSPS) is 11.0. The summed E-state index contributed by atoms with van der Waals surface area (Å²) in [6, 6.07) is 6.60. The lowest BCUT2D eigenvalue weighted by molar-refractivity contribution is 0.231. The van der Waals surface area contributed by atoms with E-state index in [9.17, 15) is 4.39 Å². The molecule has 0 bridgehead atoms. The van der Waals surface area contributed by atoms with Gasteiger partial charge >= 0.3 is 0 Å². The fourth-order valence-corrected chi connectivity index (χ4v) is 1.93. The Bertz CT molecular complexity index is 438. The predicted octanol–water partition coefficient (Wildman–Crippen LogP) is 2.47. The van der Waals surface area contributed by atoms with Gasteiger partial charge in [-0.3, -0.25) is 4.90 Å². The van der Waals surface area contributed by atoms with Crippen LogP contribution in [0.4, 0.5) is 4.39 Å². The third-order valence-corrected chi connectivity index (χ3v) is 2.97. The van der Waals surface area contributed by atoms with Crippen LogP contribution in [0.15, 0.2) is 18.2 Å². The molecular formula is C15H22FN3. The highest BCUT2D eigenvalue weighted by Gasteiger charge is 2.10. The Kier molecular flexibility index (Phi) is 6.48. The molecule has 0 spiro atoms. The predicted molar refractivity (Wildman–Crippen MR) is 75.2 cm³/mol. The van der Waals surface area contributed by atoms with E-state index in [-0.39, 0.29) is 5.82 Å². The van der Waals surface area contributed by atoms with Crippen molar-refractivity contribution in [3.63, 3.8) is 0 Å². The maximum atomic E-state index is 13.8. The molecule has 19 heavy (non-hydrogen) atoms. The number of benzene rings is 1. The smallest absolute Gasteiger partial charge is 0.127 e. The molecule has 0 heterocycles. The zero-order valence-corrected chi connectivity index (χ0v) is 12.0. The van der Waals surface area contributed by atoms with Gasteiger partial charge in [-0.15, -0.1) is 0 Å². The Labute approximate surface area is 115 Å². The molecule has 1 aromatic rings. The number of hydrogen-bond acceptors (Lipinski definition) is 3. The standard InChI is InChI=1S/C15H22FN3/c1-4-7-19(9-8-18(2)3)12-14-10-13(11-17)5-6-15(14)16/h5-6,10H,4,7-9,12H2,1-3H3. The van der Waals surface area contributed by atoms with Gasteiger partial charge in [0.2, 0.25) is 0 Å². The lowest BCUT2D eigenvalue weighted by Gasteiger charge is -2.23. The van der Waals surface area contributed by atoms with Crippen molar-refractivity contribution in [2.24, 2.45) is 0 Å². The van der Waals surface area contributed by atoms with Crippen LogP contribution in [0.25, 0.3) is 0 Å². The van der Waals surface area contributed by atoms with E-state index in [1.165, 1.54) is 12.1 Å². The van der Waals surface area contributed by atoms with Gasteiger partial charge in [-0.1, -0.05) is 6.92 Å². The van der Waals surface area contributed by atoms with E-state index < -0.39 is 0 Å². The Morgan fingerprint density at radius 1 is 1.21 bits per heavy atom. The van der Waals surface area contributed by atoms with E-state index in [1.807, 2.05) is 14.1 Å². The van der Waals surface area contributed by atoms with E-state index in [0.717, 1.165) is 26.1 Å². The zero-order valence-electron chi connectivity index (χ0n) is 12.0. The van der Waals surface area contributed by atoms with Crippen molar-refractivity contribution in [2.45, 2.75) is 19.9 Å². The van der Waals surface area contributed by atoms with Gasteiger partial charge in [-0.05, 0) is 45.3 Å². The number of rotatable bonds is 7. The summed E-state index contributed by atoms with van der Waals surface area (Å²) in [6.07, 6.45) is 1.03. The summed E-state index contributed by atoms with van der Waals surface area (Å²) in [5, 5.41) is 8.87. The van der Waals surface area contributed by atoms with Gasteiger partial charge in [0, 0.05) is 25.2 Å². The molecule has 0 atom stereocenters. The highest BCUT2D eigenvalue weighted by atomic mass is 19.1. The van der Waals surface area contributed by atoms with Gasteiger partial charge in [0.25, 0.3) is 0 Å². The van der Waals surface area contributed by atoms with Gasteiger partial charge in [-0.25, -0.2) is 4.39 Å². The number of nitrogens with zero attached hydrogens (tertiary/aromatic N) is 3. The average Bonchev–Trinajstić information content (AvgIpc) is 2.38. The molecule has 0 N–H and O–H groups in total. The second-order valence-corrected chi connectivity index (χ2v) is 5.00. The van der Waals surface area contributed by atoms with Crippen molar-refractivity contribution < 1.29 is 4.39 Å². The van der Waals surface area contributed by atoms with E-state index in [0.29, 0.717) is 17.7 Å². The summed E-state index contributed by atoms with van der Waals surface area (Å²) >= 11 is 0. The molecule has 4 heteroatoms. The van der Waals surface area contributed by atoms with E-state index >= 15 is 0 Å². The Balaban J connectivity index is 2.75. The topological polar surface area (TPSA) is 30.3 Å². The number of nitriles is 1. The summed E-state index contributed by atoms with van der Waals surface area (Å²) in [7, 11) is 4.06. The van der Waals surface area contributed by atoms with Crippen molar-refractivity contribution in [1.82, 2.24) is 9.80 Å². The van der Waals surface area contributed by atoms with Gasteiger partial charge in [0.1, 0.15) is 5.82 Å². The molecule has 0 amide bonds. The lowest BCUT2D eigenvalue weighted by atomic mass is 10.1. The lowest BCUT2D eigenvalue weighted by Crippen LogP contribution is -2.32. The van der Waals surface area contributed by atoms with Gasteiger partial charge < -0.3 is 4.90 Å². The molecular weight excluding hydrogens is 241 g/mol. The van der Waals surface area contributed by atoms with Crippen molar-refractivity contribution >= 4 is 0 Å². The van der Waals surface area contributed by atoms with Crippen LogP contribution < -0.4 is 0 Å². The maximum Gasteiger partial charge on any atom is 0.127 e. The van der Waals surface area contributed by atoms with Crippen LogP contribution in [-0.4, -0.2) is 43.5 Å².